The third kappa shape index (κ3) is 12.1. The van der Waals surface area contributed by atoms with Gasteiger partial charge in [0.15, 0.2) is 0 Å². The van der Waals surface area contributed by atoms with Gasteiger partial charge in [0.1, 0.15) is 6.04 Å². The molecule has 0 aliphatic carbocycles. The number of carboxylic acid groups (broad SMARTS) is 3. The first-order valence-electron chi connectivity index (χ1n) is 7.13. The van der Waals surface area contributed by atoms with Crippen molar-refractivity contribution in [1.29, 1.82) is 0 Å². The van der Waals surface area contributed by atoms with Gasteiger partial charge in [0, 0.05) is 6.54 Å². The van der Waals surface area contributed by atoms with Gasteiger partial charge < -0.3 is 26.4 Å². The third-order valence-electron chi connectivity index (χ3n) is 2.92. The zero-order chi connectivity index (χ0) is 17.8. The second-order valence-corrected chi connectivity index (χ2v) is 5.08. The highest BCUT2D eigenvalue weighted by atomic mass is 16.4. The topological polar surface area (TPSA) is 170 Å². The predicted octanol–water partition coefficient (Wildman–Crippen LogP) is -1.45. The summed E-state index contributed by atoms with van der Waals surface area (Å²) >= 11 is 0. The number of carboxylic acids is 3. The third-order valence-corrected chi connectivity index (χ3v) is 2.92. The molecule has 1 amide bonds. The molecule has 0 spiro atoms. The largest absolute Gasteiger partial charge is 0.480 e. The summed E-state index contributed by atoms with van der Waals surface area (Å²) in [6.07, 6.45) is 2.28. The Morgan fingerprint density at radius 1 is 0.913 bits per heavy atom. The van der Waals surface area contributed by atoms with Crippen LogP contribution in [-0.4, -0.2) is 76.3 Å². The molecule has 10 heteroatoms. The molecule has 1 atom stereocenters. The zero-order valence-electron chi connectivity index (χ0n) is 12.7. The molecule has 10 nitrogen and oxygen atoms in total. The molecular formula is C13H23N3O7. The quantitative estimate of drug-likeness (QED) is 0.253. The van der Waals surface area contributed by atoms with E-state index in [1.807, 2.05) is 0 Å². The SMILES string of the molecule is NC(CCCCCNC(=O)CN(CC(=O)O)CC(=O)O)C(=O)O. The van der Waals surface area contributed by atoms with Crippen LogP contribution in [-0.2, 0) is 19.2 Å². The first kappa shape index (κ1) is 20.8. The molecule has 132 valence electrons. The van der Waals surface area contributed by atoms with Crippen LogP contribution in [0, 0.1) is 0 Å². The number of carbonyl (C=O) groups is 4. The fourth-order valence-electron chi connectivity index (χ4n) is 1.83. The van der Waals surface area contributed by atoms with Gasteiger partial charge in [0.25, 0.3) is 0 Å². The van der Waals surface area contributed by atoms with Gasteiger partial charge in [-0.1, -0.05) is 12.8 Å². The molecule has 0 bridgehead atoms. The highest BCUT2D eigenvalue weighted by Gasteiger charge is 2.16. The lowest BCUT2D eigenvalue weighted by atomic mass is 10.1. The highest BCUT2D eigenvalue weighted by molar-refractivity contribution is 5.80. The second-order valence-electron chi connectivity index (χ2n) is 5.08. The summed E-state index contributed by atoms with van der Waals surface area (Å²) in [6.45, 7) is -1.04. The van der Waals surface area contributed by atoms with E-state index in [1.165, 1.54) is 0 Å². The van der Waals surface area contributed by atoms with Crippen LogP contribution in [0.25, 0.3) is 0 Å². The maximum atomic E-state index is 11.6. The summed E-state index contributed by atoms with van der Waals surface area (Å²) in [5, 5.41) is 28.4. The summed E-state index contributed by atoms with van der Waals surface area (Å²) in [6, 6.07) is -0.884. The van der Waals surface area contributed by atoms with Gasteiger partial charge in [0.05, 0.1) is 19.6 Å². The predicted molar refractivity (Wildman–Crippen MR) is 78.8 cm³/mol. The molecule has 0 fully saturated rings. The van der Waals surface area contributed by atoms with Crippen molar-refractivity contribution in [3.8, 4) is 0 Å². The molecule has 0 aliphatic rings. The summed E-state index contributed by atoms with van der Waals surface area (Å²) in [5.74, 6) is -3.94. The molecule has 0 saturated heterocycles. The van der Waals surface area contributed by atoms with Gasteiger partial charge in [-0.3, -0.25) is 24.1 Å². The minimum atomic E-state index is -1.21. The average molecular weight is 333 g/mol. The van der Waals surface area contributed by atoms with Crippen LogP contribution in [0.15, 0.2) is 0 Å². The minimum Gasteiger partial charge on any atom is -0.480 e. The molecule has 0 aromatic rings. The molecule has 0 radical (unpaired) electrons. The van der Waals surface area contributed by atoms with E-state index in [-0.39, 0.29) is 6.54 Å². The highest BCUT2D eigenvalue weighted by Crippen LogP contribution is 2.01. The van der Waals surface area contributed by atoms with E-state index in [0.717, 1.165) is 4.90 Å². The summed E-state index contributed by atoms with van der Waals surface area (Å²) in [7, 11) is 0. The van der Waals surface area contributed by atoms with Gasteiger partial charge in [-0.25, -0.2) is 0 Å². The normalized spacial score (nSPS) is 11.9. The van der Waals surface area contributed by atoms with Crippen molar-refractivity contribution < 1.29 is 34.5 Å². The van der Waals surface area contributed by atoms with Crippen LogP contribution < -0.4 is 11.1 Å². The van der Waals surface area contributed by atoms with Crippen LogP contribution in [0.3, 0.4) is 0 Å². The van der Waals surface area contributed by atoms with Crippen LogP contribution in [0.5, 0.6) is 0 Å². The standard InChI is InChI=1S/C13H23N3O7/c14-9(13(22)23)4-2-1-3-5-15-10(17)6-16(7-11(18)19)8-12(20)21/h9H,1-8,14H2,(H,15,17)(H,18,19)(H,20,21)(H,22,23). The molecule has 0 saturated carbocycles. The number of carbonyl (C=O) groups excluding carboxylic acids is 1. The molecule has 23 heavy (non-hydrogen) atoms. The maximum absolute atomic E-state index is 11.6. The minimum absolute atomic E-state index is 0.317. The maximum Gasteiger partial charge on any atom is 0.320 e. The van der Waals surface area contributed by atoms with Crippen molar-refractivity contribution >= 4 is 23.8 Å². The van der Waals surface area contributed by atoms with Crippen molar-refractivity contribution in [1.82, 2.24) is 10.2 Å². The Labute approximate surface area is 133 Å². The molecule has 0 aliphatic heterocycles. The van der Waals surface area contributed by atoms with Crippen LogP contribution in [0.1, 0.15) is 25.7 Å². The molecule has 6 N–H and O–H groups in total. The van der Waals surface area contributed by atoms with Crippen molar-refractivity contribution in [2.24, 2.45) is 5.73 Å². The number of hydrogen-bond donors (Lipinski definition) is 5. The Kier molecular flexibility index (Phi) is 10.3. The number of aliphatic carboxylic acids is 3. The van der Waals surface area contributed by atoms with Crippen LogP contribution >= 0.6 is 0 Å². The first-order valence-corrected chi connectivity index (χ1v) is 7.13. The Hall–Kier alpha value is -2.20. The van der Waals surface area contributed by atoms with Gasteiger partial charge in [-0.15, -0.1) is 0 Å². The number of hydrogen-bond acceptors (Lipinski definition) is 6. The molecule has 0 rings (SSSR count). The first-order chi connectivity index (χ1) is 10.7. The number of nitrogens with two attached hydrogens (primary N) is 1. The van der Waals surface area contributed by atoms with Crippen LogP contribution in [0.4, 0.5) is 0 Å². The summed E-state index contributed by atoms with van der Waals surface area (Å²) in [5.41, 5.74) is 5.34. The number of unbranched alkanes of at least 4 members (excludes halogenated alkanes) is 2. The van der Waals surface area contributed by atoms with Gasteiger partial charge in [-0.2, -0.15) is 0 Å². The van der Waals surface area contributed by atoms with E-state index in [2.05, 4.69) is 5.32 Å². The van der Waals surface area contributed by atoms with E-state index >= 15 is 0 Å². The van der Waals surface area contributed by atoms with E-state index < -0.39 is 42.9 Å². The zero-order valence-corrected chi connectivity index (χ0v) is 12.7. The molecule has 0 aromatic heterocycles. The summed E-state index contributed by atoms with van der Waals surface area (Å²) in [4.78, 5) is 44.3. The fourth-order valence-corrected chi connectivity index (χ4v) is 1.83. The Morgan fingerprint density at radius 3 is 1.96 bits per heavy atom. The molecular weight excluding hydrogens is 310 g/mol. The Balaban J connectivity index is 3.88. The lowest BCUT2D eigenvalue weighted by Gasteiger charge is -2.17. The van der Waals surface area contributed by atoms with E-state index in [4.69, 9.17) is 21.1 Å². The fraction of sp³-hybridized carbons (Fsp3) is 0.692. The lowest BCUT2D eigenvalue weighted by molar-refractivity contribution is -0.142. The Bertz CT molecular complexity index is 412. The van der Waals surface area contributed by atoms with Crippen molar-refractivity contribution in [2.75, 3.05) is 26.2 Å². The number of rotatable bonds is 13. The Morgan fingerprint density at radius 2 is 1.48 bits per heavy atom. The monoisotopic (exact) mass is 333 g/mol. The summed E-state index contributed by atoms with van der Waals surface area (Å²) < 4.78 is 0. The van der Waals surface area contributed by atoms with Gasteiger partial charge >= 0.3 is 17.9 Å². The average Bonchev–Trinajstić information content (AvgIpc) is 2.40. The number of amides is 1. The van der Waals surface area contributed by atoms with E-state index in [0.29, 0.717) is 32.2 Å². The second kappa shape index (κ2) is 11.4. The van der Waals surface area contributed by atoms with Crippen molar-refractivity contribution in [3.63, 3.8) is 0 Å². The van der Waals surface area contributed by atoms with Crippen molar-refractivity contribution in [3.05, 3.63) is 0 Å². The number of nitrogens with zero attached hydrogens (tertiary/aromatic N) is 1. The smallest absolute Gasteiger partial charge is 0.320 e. The van der Waals surface area contributed by atoms with E-state index in [1.54, 1.807) is 0 Å². The lowest BCUT2D eigenvalue weighted by Crippen LogP contribution is -2.42. The number of nitrogens with one attached hydrogen (secondary N) is 1. The van der Waals surface area contributed by atoms with Gasteiger partial charge in [0.2, 0.25) is 5.91 Å². The van der Waals surface area contributed by atoms with Crippen LogP contribution in [0.2, 0.25) is 0 Å². The molecule has 0 aromatic carbocycles. The molecule has 0 heterocycles. The molecule has 1 unspecified atom stereocenters. The van der Waals surface area contributed by atoms with E-state index in [9.17, 15) is 19.2 Å². The van der Waals surface area contributed by atoms with Gasteiger partial charge in [-0.05, 0) is 12.8 Å². The van der Waals surface area contributed by atoms with Crippen molar-refractivity contribution in [2.45, 2.75) is 31.7 Å².